The van der Waals surface area contributed by atoms with Crippen molar-refractivity contribution in [2.24, 2.45) is 0 Å². The monoisotopic (exact) mass is 417 g/mol. The van der Waals surface area contributed by atoms with Crippen LogP contribution in [-0.2, 0) is 11.3 Å². The maximum Gasteiger partial charge on any atom is 0.343 e. The fraction of sp³-hybridized carbons (Fsp3) is 0.476. The molecule has 2 aliphatic heterocycles. The van der Waals surface area contributed by atoms with Crippen LogP contribution in [0.25, 0.3) is 0 Å². The van der Waals surface area contributed by atoms with E-state index in [1.165, 1.54) is 5.57 Å². The Hall–Kier alpha value is -2.38. The Morgan fingerprint density at radius 3 is 2.62 bits per heavy atom. The van der Waals surface area contributed by atoms with Crippen LogP contribution in [0.3, 0.4) is 0 Å². The normalized spacial score (nSPS) is 17.5. The first kappa shape index (κ1) is 21.3. The highest BCUT2D eigenvalue weighted by atomic mass is 35.5. The number of nitrogens with zero attached hydrogens (tertiary/aromatic N) is 3. The summed E-state index contributed by atoms with van der Waals surface area (Å²) in [7, 11) is 0. The molecule has 156 valence electrons. The van der Waals surface area contributed by atoms with Gasteiger partial charge < -0.3 is 10.2 Å². The fourth-order valence-corrected chi connectivity index (χ4v) is 4.08. The average Bonchev–Trinajstić information content (AvgIpc) is 3.10. The number of piperidine rings is 1. The van der Waals surface area contributed by atoms with Gasteiger partial charge in [-0.1, -0.05) is 42.0 Å². The van der Waals surface area contributed by atoms with Crippen LogP contribution in [0.5, 0.6) is 0 Å². The molecular formula is C21H28ClN5O2. The molecule has 8 heteroatoms. The van der Waals surface area contributed by atoms with Crippen LogP contribution < -0.4 is 11.0 Å². The van der Waals surface area contributed by atoms with Crippen molar-refractivity contribution in [3.8, 4) is 0 Å². The van der Waals surface area contributed by atoms with E-state index in [0.29, 0.717) is 13.0 Å². The molecular weight excluding hydrogens is 390 g/mol. The van der Waals surface area contributed by atoms with Crippen LogP contribution in [0.4, 0.5) is 0 Å². The summed E-state index contributed by atoms with van der Waals surface area (Å²) < 4.78 is 1.73. The van der Waals surface area contributed by atoms with Gasteiger partial charge in [0.15, 0.2) is 0 Å². The van der Waals surface area contributed by atoms with Gasteiger partial charge in [0.2, 0.25) is 5.91 Å². The highest BCUT2D eigenvalue weighted by Crippen LogP contribution is 2.27. The summed E-state index contributed by atoms with van der Waals surface area (Å²) in [6.45, 7) is 3.79. The standard InChI is InChI=1S/C21H27N5O2.ClH/c27-19(14-16-6-10-22-11-7-16)25-12-8-18(9-13-25)20-23-24-21(28)26(20)15-17-4-2-1-3-5-17;/h1-6,18,22H,7-15H2,(H,24,28);1H. The molecule has 7 nitrogen and oxygen atoms in total. The SMILES string of the molecule is Cl.O=C(CC1=CCNCC1)N1CCC(c2n[nH]c(=O)n2Cc2ccccc2)CC1. The lowest BCUT2D eigenvalue weighted by atomic mass is 9.95. The largest absolute Gasteiger partial charge is 0.343 e. The summed E-state index contributed by atoms with van der Waals surface area (Å²) in [6, 6.07) is 9.94. The second-order valence-electron chi connectivity index (χ2n) is 7.61. The van der Waals surface area contributed by atoms with Crippen LogP contribution in [0, 0.1) is 0 Å². The first-order valence-corrected chi connectivity index (χ1v) is 10.1. The molecule has 0 saturated carbocycles. The van der Waals surface area contributed by atoms with E-state index < -0.39 is 0 Å². The van der Waals surface area contributed by atoms with Crippen molar-refractivity contribution in [2.75, 3.05) is 26.2 Å². The van der Waals surface area contributed by atoms with Gasteiger partial charge in [-0.05, 0) is 31.4 Å². The van der Waals surface area contributed by atoms with Crippen molar-refractivity contribution < 1.29 is 4.79 Å². The van der Waals surface area contributed by atoms with E-state index in [1.807, 2.05) is 35.2 Å². The van der Waals surface area contributed by atoms with Gasteiger partial charge in [0.1, 0.15) is 5.82 Å². The third-order valence-corrected chi connectivity index (χ3v) is 5.72. The van der Waals surface area contributed by atoms with Crippen molar-refractivity contribution in [2.45, 2.75) is 38.1 Å². The number of carbonyl (C=O) groups excluding carboxylic acids is 1. The Balaban J connectivity index is 0.00000240. The van der Waals surface area contributed by atoms with Crippen molar-refractivity contribution in [1.82, 2.24) is 25.0 Å². The molecule has 29 heavy (non-hydrogen) atoms. The molecule has 0 atom stereocenters. The van der Waals surface area contributed by atoms with Crippen LogP contribution in [0.15, 0.2) is 46.8 Å². The van der Waals surface area contributed by atoms with Gasteiger partial charge in [-0.25, -0.2) is 9.89 Å². The van der Waals surface area contributed by atoms with Crippen LogP contribution in [0.1, 0.15) is 43.0 Å². The van der Waals surface area contributed by atoms with Gasteiger partial charge in [-0.15, -0.1) is 12.4 Å². The minimum absolute atomic E-state index is 0. The van der Waals surface area contributed by atoms with Crippen LogP contribution in [0.2, 0.25) is 0 Å². The number of hydrogen-bond donors (Lipinski definition) is 2. The molecule has 1 aromatic carbocycles. The lowest BCUT2D eigenvalue weighted by Crippen LogP contribution is -2.39. The van der Waals surface area contributed by atoms with Crippen molar-refractivity contribution >= 4 is 18.3 Å². The zero-order valence-electron chi connectivity index (χ0n) is 16.5. The summed E-state index contributed by atoms with van der Waals surface area (Å²) in [5, 5.41) is 10.2. The quantitative estimate of drug-likeness (QED) is 0.729. The zero-order chi connectivity index (χ0) is 19.3. The molecule has 1 aromatic heterocycles. The number of aromatic amines is 1. The number of rotatable bonds is 5. The van der Waals surface area contributed by atoms with E-state index in [2.05, 4.69) is 21.6 Å². The predicted octanol–water partition coefficient (Wildman–Crippen LogP) is 2.06. The van der Waals surface area contributed by atoms with E-state index in [9.17, 15) is 9.59 Å². The van der Waals surface area contributed by atoms with E-state index >= 15 is 0 Å². The molecule has 2 N–H and O–H groups in total. The lowest BCUT2D eigenvalue weighted by molar-refractivity contribution is -0.131. The van der Waals surface area contributed by atoms with Gasteiger partial charge >= 0.3 is 5.69 Å². The third kappa shape index (κ3) is 5.16. The van der Waals surface area contributed by atoms with Gasteiger partial charge in [0, 0.05) is 32.0 Å². The molecule has 4 rings (SSSR count). The summed E-state index contributed by atoms with van der Waals surface area (Å²) in [6.07, 6.45) is 5.31. The first-order valence-electron chi connectivity index (χ1n) is 10.1. The average molecular weight is 418 g/mol. The zero-order valence-corrected chi connectivity index (χ0v) is 17.3. The van der Waals surface area contributed by atoms with Crippen molar-refractivity contribution in [3.63, 3.8) is 0 Å². The Labute approximate surface area is 176 Å². The molecule has 2 aromatic rings. The molecule has 1 saturated heterocycles. The number of likely N-dealkylation sites (tertiary alicyclic amines) is 1. The smallest absolute Gasteiger partial charge is 0.342 e. The number of carbonyl (C=O) groups is 1. The van der Waals surface area contributed by atoms with Gasteiger partial charge in [0.25, 0.3) is 0 Å². The van der Waals surface area contributed by atoms with Gasteiger partial charge in [-0.2, -0.15) is 5.10 Å². The van der Waals surface area contributed by atoms with Crippen LogP contribution in [-0.4, -0.2) is 51.8 Å². The second kappa shape index (κ2) is 9.89. The predicted molar refractivity (Wildman–Crippen MR) is 114 cm³/mol. The summed E-state index contributed by atoms with van der Waals surface area (Å²) in [4.78, 5) is 26.8. The highest BCUT2D eigenvalue weighted by Gasteiger charge is 2.28. The summed E-state index contributed by atoms with van der Waals surface area (Å²) >= 11 is 0. The Morgan fingerprint density at radius 1 is 1.17 bits per heavy atom. The molecule has 0 aliphatic carbocycles. The highest BCUT2D eigenvalue weighted by molar-refractivity contribution is 5.85. The number of nitrogens with one attached hydrogen (secondary N) is 2. The number of hydrogen-bond acceptors (Lipinski definition) is 4. The fourth-order valence-electron chi connectivity index (χ4n) is 4.08. The third-order valence-electron chi connectivity index (χ3n) is 5.72. The van der Waals surface area contributed by atoms with Crippen LogP contribution >= 0.6 is 12.4 Å². The van der Waals surface area contributed by atoms with Crippen molar-refractivity contribution in [1.29, 1.82) is 0 Å². The molecule has 0 radical (unpaired) electrons. The molecule has 0 spiro atoms. The number of benzene rings is 1. The maximum absolute atomic E-state index is 12.6. The molecule has 1 amide bonds. The van der Waals surface area contributed by atoms with Crippen molar-refractivity contribution in [3.05, 3.63) is 63.9 Å². The Morgan fingerprint density at radius 2 is 1.93 bits per heavy atom. The topological polar surface area (TPSA) is 83.0 Å². The summed E-state index contributed by atoms with van der Waals surface area (Å²) in [5.74, 6) is 1.22. The molecule has 0 unspecified atom stereocenters. The van der Waals surface area contributed by atoms with E-state index in [1.54, 1.807) is 4.57 Å². The number of amides is 1. The first-order chi connectivity index (χ1) is 13.7. The van der Waals surface area contributed by atoms with E-state index in [4.69, 9.17) is 0 Å². The number of halogens is 1. The minimum Gasteiger partial charge on any atom is -0.342 e. The minimum atomic E-state index is -0.171. The maximum atomic E-state index is 12.6. The summed E-state index contributed by atoms with van der Waals surface area (Å²) in [5.41, 5.74) is 2.15. The van der Waals surface area contributed by atoms with E-state index in [-0.39, 0.29) is 29.9 Å². The Kier molecular flexibility index (Phi) is 7.28. The van der Waals surface area contributed by atoms with Gasteiger partial charge in [-0.3, -0.25) is 9.36 Å². The van der Waals surface area contributed by atoms with E-state index in [0.717, 1.165) is 56.8 Å². The lowest BCUT2D eigenvalue weighted by Gasteiger charge is -2.32. The molecule has 0 bridgehead atoms. The molecule has 1 fully saturated rings. The number of H-pyrrole nitrogens is 1. The molecule has 2 aliphatic rings. The van der Waals surface area contributed by atoms with Gasteiger partial charge in [0.05, 0.1) is 6.54 Å². The second-order valence-corrected chi connectivity index (χ2v) is 7.61. The number of aromatic nitrogens is 3. The molecule has 3 heterocycles. The Bertz CT molecular complexity index is 897.